The molecule has 1 unspecified atom stereocenters. The van der Waals surface area contributed by atoms with Crippen molar-refractivity contribution in [3.05, 3.63) is 113 Å². The van der Waals surface area contributed by atoms with Gasteiger partial charge in [0.1, 0.15) is 5.75 Å². The Balaban J connectivity index is 1.55. The van der Waals surface area contributed by atoms with Gasteiger partial charge in [-0.25, -0.2) is 12.7 Å². The van der Waals surface area contributed by atoms with E-state index in [0.717, 1.165) is 9.99 Å². The lowest BCUT2D eigenvalue weighted by atomic mass is 9.81. The number of carbonyl (C=O) groups excluding carboxylic acids is 1. The van der Waals surface area contributed by atoms with Gasteiger partial charge in [-0.05, 0) is 48.5 Å². The quantitative estimate of drug-likeness (QED) is 0.334. The van der Waals surface area contributed by atoms with E-state index < -0.39 is 21.5 Å². The number of carbonyl (C=O) groups is 1. The largest absolute Gasteiger partial charge is 0.496 e. The molecule has 1 fully saturated rings. The number of hydrogen-bond donors (Lipinski definition) is 0. The van der Waals surface area contributed by atoms with Crippen molar-refractivity contribution in [1.29, 1.82) is 0 Å². The molecule has 0 spiro atoms. The highest BCUT2D eigenvalue weighted by Crippen LogP contribution is 2.53. The maximum absolute atomic E-state index is 14.9. The highest BCUT2D eigenvalue weighted by atomic mass is 35.5. The molecule has 8 nitrogen and oxygen atoms in total. The van der Waals surface area contributed by atoms with Gasteiger partial charge in [-0.15, -0.1) is 0 Å². The second-order valence-electron chi connectivity index (χ2n) is 9.64. The number of methoxy groups -OCH3 is 1. The van der Waals surface area contributed by atoms with Gasteiger partial charge in [-0.2, -0.15) is 0 Å². The van der Waals surface area contributed by atoms with Gasteiger partial charge >= 0.3 is 0 Å². The SMILES string of the molecule is COc1ccccc1C1(N2CCN(c3ccncc3)CC2)C(=O)N(S(=O)(=O)c2ccccc2)c2ccc(Cl)cc21. The number of pyridine rings is 1. The number of amides is 1. The topological polar surface area (TPSA) is 83.1 Å². The standard InChI is InChI=1S/C30H27ClN4O4S/c1-39-28-10-6-5-9-25(28)30(34-19-17-33(18-20-34)23-13-15-32-16-14-23)26-21-22(31)11-12-27(26)35(29(30)36)40(37,38)24-7-3-2-4-8-24/h2-16,21H,17-20H2,1H3. The average Bonchev–Trinajstić information content (AvgIpc) is 3.26. The molecule has 6 rings (SSSR count). The molecule has 0 bridgehead atoms. The van der Waals surface area contributed by atoms with Gasteiger partial charge in [0, 0.05) is 60.4 Å². The number of nitrogens with zero attached hydrogens (tertiary/aromatic N) is 4. The first-order valence-corrected chi connectivity index (χ1v) is 14.7. The Hall–Kier alpha value is -3.92. The van der Waals surface area contributed by atoms with Crippen LogP contribution in [0.1, 0.15) is 11.1 Å². The molecule has 0 N–H and O–H groups in total. The number of rotatable bonds is 6. The van der Waals surface area contributed by atoms with E-state index in [2.05, 4.69) is 14.8 Å². The molecule has 3 aromatic carbocycles. The summed E-state index contributed by atoms with van der Waals surface area (Å²) >= 11 is 6.54. The van der Waals surface area contributed by atoms with Gasteiger partial charge in [0.05, 0.1) is 17.7 Å². The number of piperazine rings is 1. The van der Waals surface area contributed by atoms with Crippen molar-refractivity contribution in [2.75, 3.05) is 42.5 Å². The molecular formula is C30H27ClN4O4S. The molecule has 40 heavy (non-hydrogen) atoms. The van der Waals surface area contributed by atoms with E-state index in [9.17, 15) is 13.2 Å². The minimum absolute atomic E-state index is 0.0302. The molecule has 2 aliphatic rings. The monoisotopic (exact) mass is 574 g/mol. The lowest BCUT2D eigenvalue weighted by Gasteiger charge is -2.46. The van der Waals surface area contributed by atoms with Crippen LogP contribution in [0.4, 0.5) is 11.4 Å². The molecule has 0 saturated carbocycles. The molecule has 1 atom stereocenters. The number of ether oxygens (including phenoxy) is 1. The summed E-state index contributed by atoms with van der Waals surface area (Å²) in [7, 11) is -2.70. The summed E-state index contributed by atoms with van der Waals surface area (Å²) in [5.74, 6) is -0.104. The minimum atomic E-state index is -4.25. The molecule has 0 radical (unpaired) electrons. The number of sulfonamides is 1. The number of halogens is 1. The van der Waals surface area contributed by atoms with Gasteiger partial charge in [-0.3, -0.25) is 14.7 Å². The first-order valence-electron chi connectivity index (χ1n) is 12.9. The van der Waals surface area contributed by atoms with Crippen LogP contribution in [0.2, 0.25) is 5.02 Å². The second kappa shape index (κ2) is 10.2. The molecule has 4 aromatic rings. The molecule has 1 aromatic heterocycles. The van der Waals surface area contributed by atoms with E-state index >= 15 is 0 Å². The molecule has 3 heterocycles. The number of benzene rings is 3. The van der Waals surface area contributed by atoms with Crippen LogP contribution in [0.15, 0.2) is 102 Å². The summed E-state index contributed by atoms with van der Waals surface area (Å²) in [5, 5.41) is 0.403. The highest BCUT2D eigenvalue weighted by Gasteiger charge is 2.60. The van der Waals surface area contributed by atoms with Crippen molar-refractivity contribution in [3.63, 3.8) is 0 Å². The van der Waals surface area contributed by atoms with E-state index in [1.54, 1.807) is 62.0 Å². The summed E-state index contributed by atoms with van der Waals surface area (Å²) < 4.78 is 34.9. The first-order chi connectivity index (χ1) is 19.4. The van der Waals surface area contributed by atoms with Crippen LogP contribution in [0.5, 0.6) is 5.75 Å². The number of para-hydroxylation sites is 1. The lowest BCUT2D eigenvalue weighted by Crippen LogP contribution is -2.60. The maximum atomic E-state index is 14.9. The summed E-state index contributed by atoms with van der Waals surface area (Å²) in [4.78, 5) is 23.3. The normalized spacial score (nSPS) is 19.5. The van der Waals surface area contributed by atoms with Crippen molar-refractivity contribution in [1.82, 2.24) is 9.88 Å². The maximum Gasteiger partial charge on any atom is 0.271 e. The lowest BCUT2D eigenvalue weighted by molar-refractivity contribution is -0.127. The van der Waals surface area contributed by atoms with Crippen LogP contribution < -0.4 is 13.9 Å². The fourth-order valence-corrected chi connectivity index (χ4v) is 7.47. The Morgan fingerprint density at radius 1 is 0.850 bits per heavy atom. The van der Waals surface area contributed by atoms with Gasteiger partial charge < -0.3 is 9.64 Å². The zero-order valence-corrected chi connectivity index (χ0v) is 23.3. The van der Waals surface area contributed by atoms with Crippen LogP contribution in [0.3, 0.4) is 0 Å². The van der Waals surface area contributed by atoms with Crippen LogP contribution in [-0.2, 0) is 20.4 Å². The molecule has 204 valence electrons. The van der Waals surface area contributed by atoms with Gasteiger partial charge in [0.25, 0.3) is 15.9 Å². The Labute approximate surface area is 238 Å². The predicted molar refractivity (Wildman–Crippen MR) is 154 cm³/mol. The third-order valence-electron chi connectivity index (χ3n) is 7.62. The number of hydrogen-bond acceptors (Lipinski definition) is 7. The third kappa shape index (κ3) is 4.04. The minimum Gasteiger partial charge on any atom is -0.496 e. The Bertz CT molecular complexity index is 1660. The van der Waals surface area contributed by atoms with Crippen molar-refractivity contribution < 1.29 is 17.9 Å². The molecule has 10 heteroatoms. The fraction of sp³-hybridized carbons (Fsp3) is 0.200. The van der Waals surface area contributed by atoms with Gasteiger partial charge in [0.15, 0.2) is 5.54 Å². The van der Waals surface area contributed by atoms with Gasteiger partial charge in [-0.1, -0.05) is 48.0 Å². The van der Waals surface area contributed by atoms with Gasteiger partial charge in [0.2, 0.25) is 0 Å². The number of aromatic nitrogens is 1. The van der Waals surface area contributed by atoms with Crippen molar-refractivity contribution in [2.45, 2.75) is 10.4 Å². The molecule has 0 aliphatic carbocycles. The van der Waals surface area contributed by atoms with Crippen LogP contribution in [-0.4, -0.2) is 57.5 Å². The zero-order chi connectivity index (χ0) is 27.9. The Morgan fingerprint density at radius 2 is 1.52 bits per heavy atom. The predicted octanol–water partition coefficient (Wildman–Crippen LogP) is 4.54. The molecule has 1 saturated heterocycles. The zero-order valence-electron chi connectivity index (χ0n) is 21.8. The van der Waals surface area contributed by atoms with Crippen molar-refractivity contribution in [2.24, 2.45) is 0 Å². The Morgan fingerprint density at radius 3 is 2.23 bits per heavy atom. The average molecular weight is 575 g/mol. The third-order valence-corrected chi connectivity index (χ3v) is 9.57. The summed E-state index contributed by atoms with van der Waals surface area (Å²) in [6.45, 7) is 2.21. The first kappa shape index (κ1) is 26.3. The summed E-state index contributed by atoms with van der Waals surface area (Å²) in [6, 6.07) is 24.1. The highest BCUT2D eigenvalue weighted by molar-refractivity contribution is 7.93. The fourth-order valence-electron chi connectivity index (χ4n) is 5.82. The second-order valence-corrected chi connectivity index (χ2v) is 11.9. The molecule has 2 aliphatic heterocycles. The van der Waals surface area contributed by atoms with E-state index in [1.807, 2.05) is 30.3 Å². The Kier molecular flexibility index (Phi) is 6.74. The number of anilines is 2. The van der Waals surface area contributed by atoms with E-state index in [0.29, 0.717) is 48.1 Å². The van der Waals surface area contributed by atoms with Crippen molar-refractivity contribution >= 4 is 38.9 Å². The van der Waals surface area contributed by atoms with Crippen LogP contribution in [0, 0.1) is 0 Å². The van der Waals surface area contributed by atoms with Crippen LogP contribution >= 0.6 is 11.6 Å². The molecule has 1 amide bonds. The summed E-state index contributed by atoms with van der Waals surface area (Å²) in [6.07, 6.45) is 3.51. The number of fused-ring (bicyclic) bond motifs is 1. The van der Waals surface area contributed by atoms with E-state index in [1.165, 1.54) is 12.1 Å². The molecular weight excluding hydrogens is 548 g/mol. The summed E-state index contributed by atoms with van der Waals surface area (Å²) in [5.41, 5.74) is 0.899. The van der Waals surface area contributed by atoms with E-state index in [-0.39, 0.29) is 10.6 Å². The smallest absolute Gasteiger partial charge is 0.271 e. The van der Waals surface area contributed by atoms with Crippen LogP contribution in [0.25, 0.3) is 0 Å². The van der Waals surface area contributed by atoms with E-state index in [4.69, 9.17) is 16.3 Å². The van der Waals surface area contributed by atoms with Crippen molar-refractivity contribution in [3.8, 4) is 5.75 Å².